The van der Waals surface area contributed by atoms with Crippen LogP contribution in [0.25, 0.3) is 0 Å². The Hall–Kier alpha value is -0.630. The smallest absolute Gasteiger partial charge is 0.319 e. The highest BCUT2D eigenvalue weighted by atomic mass is 35.5. The van der Waals surface area contributed by atoms with Crippen LogP contribution in [-0.4, -0.2) is 18.5 Å². The first-order chi connectivity index (χ1) is 6.61. The van der Waals surface area contributed by atoms with E-state index >= 15 is 0 Å². The quantitative estimate of drug-likeness (QED) is 0.459. The Morgan fingerprint density at radius 3 is 2.50 bits per heavy atom. The molecule has 0 fully saturated rings. The van der Waals surface area contributed by atoms with Crippen molar-refractivity contribution in [3.8, 4) is 6.07 Å². The number of amides is 2. The number of urea groups is 1. The van der Waals surface area contributed by atoms with Gasteiger partial charge >= 0.3 is 6.03 Å². The van der Waals surface area contributed by atoms with Crippen LogP contribution in [0.5, 0.6) is 0 Å². The maximum atomic E-state index is 11.0. The number of nitrogens with one attached hydrogen (secondary N) is 2. The summed E-state index contributed by atoms with van der Waals surface area (Å²) in [6.45, 7) is 0.425. The third kappa shape index (κ3) is 5.92. The number of carbonyl (C=O) groups is 1. The molecule has 0 rings (SSSR count). The zero-order valence-electron chi connectivity index (χ0n) is 7.11. The van der Waals surface area contributed by atoms with Crippen molar-refractivity contribution in [3.05, 3.63) is 10.2 Å². The van der Waals surface area contributed by atoms with Crippen LogP contribution in [-0.2, 0) is 0 Å². The molecule has 0 saturated carbocycles. The van der Waals surface area contributed by atoms with Gasteiger partial charge in [-0.05, 0) is 6.42 Å². The Morgan fingerprint density at radius 2 is 2.07 bits per heavy atom. The van der Waals surface area contributed by atoms with Crippen molar-refractivity contribution in [2.24, 2.45) is 0 Å². The van der Waals surface area contributed by atoms with Gasteiger partial charge in [-0.3, -0.25) is 5.32 Å². The SMILES string of the molecule is N#CC(NC(=O)NCCCCl)=C(Cl)Cl. The highest BCUT2D eigenvalue weighted by Crippen LogP contribution is 2.10. The zero-order valence-corrected chi connectivity index (χ0v) is 9.38. The van der Waals surface area contributed by atoms with Crippen LogP contribution in [0.1, 0.15) is 6.42 Å². The third-order valence-corrected chi connectivity index (χ3v) is 1.78. The van der Waals surface area contributed by atoms with E-state index in [1.54, 1.807) is 6.07 Å². The fourth-order valence-electron chi connectivity index (χ4n) is 0.544. The number of nitrogens with zero attached hydrogens (tertiary/aromatic N) is 1. The molecule has 0 radical (unpaired) electrons. The molecule has 0 aliphatic heterocycles. The summed E-state index contributed by atoms with van der Waals surface area (Å²) < 4.78 is -0.278. The Balaban J connectivity index is 3.95. The predicted molar refractivity (Wildman–Crippen MR) is 56.2 cm³/mol. The van der Waals surface area contributed by atoms with E-state index in [-0.39, 0.29) is 10.2 Å². The minimum absolute atomic E-state index is 0.184. The van der Waals surface area contributed by atoms with Crippen molar-refractivity contribution in [3.63, 3.8) is 0 Å². The van der Waals surface area contributed by atoms with E-state index < -0.39 is 6.03 Å². The molecule has 0 aromatic carbocycles. The minimum atomic E-state index is -0.537. The van der Waals surface area contributed by atoms with E-state index in [2.05, 4.69) is 10.6 Å². The standard InChI is InChI=1S/C7H8Cl3N3O/c8-2-1-3-12-7(14)13-5(4-11)6(9)10/h1-3H2,(H2,12,13,14). The monoisotopic (exact) mass is 255 g/mol. The highest BCUT2D eigenvalue weighted by molar-refractivity contribution is 6.56. The van der Waals surface area contributed by atoms with Gasteiger partial charge in [0.25, 0.3) is 0 Å². The van der Waals surface area contributed by atoms with Crippen molar-refractivity contribution in [2.75, 3.05) is 12.4 Å². The van der Waals surface area contributed by atoms with Crippen LogP contribution < -0.4 is 10.6 Å². The van der Waals surface area contributed by atoms with Gasteiger partial charge in [0.15, 0.2) is 5.70 Å². The topological polar surface area (TPSA) is 64.9 Å². The molecule has 0 heterocycles. The molecule has 0 atom stereocenters. The molecule has 0 aliphatic carbocycles. The van der Waals surface area contributed by atoms with Gasteiger partial charge in [0.2, 0.25) is 0 Å². The number of hydrogen-bond donors (Lipinski definition) is 2. The minimum Gasteiger partial charge on any atom is -0.338 e. The molecule has 0 aliphatic rings. The highest BCUT2D eigenvalue weighted by Gasteiger charge is 2.05. The van der Waals surface area contributed by atoms with E-state index in [9.17, 15) is 4.79 Å². The average Bonchev–Trinajstić information content (AvgIpc) is 2.14. The molecule has 0 unspecified atom stereocenters. The van der Waals surface area contributed by atoms with Gasteiger partial charge in [-0.1, -0.05) is 23.2 Å². The Morgan fingerprint density at radius 1 is 1.43 bits per heavy atom. The van der Waals surface area contributed by atoms with Crippen LogP contribution in [0.3, 0.4) is 0 Å². The van der Waals surface area contributed by atoms with E-state index in [0.717, 1.165) is 0 Å². The first kappa shape index (κ1) is 13.4. The molecular weight excluding hydrogens is 248 g/mol. The summed E-state index contributed by atoms with van der Waals surface area (Å²) in [6.07, 6.45) is 0.648. The second kappa shape index (κ2) is 7.74. The second-order valence-corrected chi connectivity index (χ2v) is 3.50. The molecule has 14 heavy (non-hydrogen) atoms. The van der Waals surface area contributed by atoms with Crippen LogP contribution in [0.15, 0.2) is 10.2 Å². The lowest BCUT2D eigenvalue weighted by Crippen LogP contribution is -2.35. The Kier molecular flexibility index (Phi) is 7.40. The predicted octanol–water partition coefficient (Wildman–Crippen LogP) is 2.08. The molecule has 0 aromatic heterocycles. The van der Waals surface area contributed by atoms with Crippen molar-refractivity contribution in [1.82, 2.24) is 10.6 Å². The Labute approximate surface area is 96.8 Å². The van der Waals surface area contributed by atoms with Crippen LogP contribution in [0.4, 0.5) is 4.79 Å². The molecule has 0 bridgehead atoms. The van der Waals surface area contributed by atoms with Crippen molar-refractivity contribution in [2.45, 2.75) is 6.42 Å². The van der Waals surface area contributed by atoms with Crippen molar-refractivity contribution < 1.29 is 4.79 Å². The number of hydrogen-bond acceptors (Lipinski definition) is 2. The summed E-state index contributed by atoms with van der Waals surface area (Å²) >= 11 is 16.0. The summed E-state index contributed by atoms with van der Waals surface area (Å²) in [5.74, 6) is 0.456. The Bertz CT molecular complexity index is 268. The molecule has 7 heteroatoms. The average molecular weight is 257 g/mol. The summed E-state index contributed by atoms with van der Waals surface area (Å²) in [5, 5.41) is 13.1. The summed E-state index contributed by atoms with van der Waals surface area (Å²) in [4.78, 5) is 11.0. The maximum absolute atomic E-state index is 11.0. The number of carbonyl (C=O) groups excluding carboxylic acids is 1. The van der Waals surface area contributed by atoms with Gasteiger partial charge in [0.1, 0.15) is 10.6 Å². The van der Waals surface area contributed by atoms with Gasteiger partial charge in [0.05, 0.1) is 0 Å². The van der Waals surface area contributed by atoms with E-state index in [4.69, 9.17) is 40.1 Å². The van der Waals surface area contributed by atoms with Crippen molar-refractivity contribution >= 4 is 40.8 Å². The van der Waals surface area contributed by atoms with Gasteiger partial charge in [-0.25, -0.2) is 4.79 Å². The summed E-state index contributed by atoms with van der Waals surface area (Å²) in [6, 6.07) is 1.10. The first-order valence-electron chi connectivity index (χ1n) is 3.68. The molecule has 0 saturated heterocycles. The number of rotatable bonds is 4. The molecule has 0 spiro atoms. The van der Waals surface area contributed by atoms with E-state index in [1.165, 1.54) is 0 Å². The number of halogens is 3. The first-order valence-corrected chi connectivity index (χ1v) is 4.97. The number of alkyl halides is 1. The molecule has 0 aromatic rings. The second-order valence-electron chi connectivity index (χ2n) is 2.17. The van der Waals surface area contributed by atoms with Gasteiger partial charge in [-0.2, -0.15) is 5.26 Å². The van der Waals surface area contributed by atoms with Gasteiger partial charge in [-0.15, -0.1) is 11.6 Å². The largest absolute Gasteiger partial charge is 0.338 e. The third-order valence-electron chi connectivity index (χ3n) is 1.14. The molecule has 4 nitrogen and oxygen atoms in total. The lowest BCUT2D eigenvalue weighted by Gasteiger charge is -2.04. The lowest BCUT2D eigenvalue weighted by atomic mass is 10.5. The normalized spacial score (nSPS) is 8.71. The van der Waals surface area contributed by atoms with Crippen LogP contribution >= 0.6 is 34.8 Å². The fourth-order valence-corrected chi connectivity index (χ4v) is 0.857. The van der Waals surface area contributed by atoms with E-state index in [1.807, 2.05) is 0 Å². The molecule has 2 N–H and O–H groups in total. The molecule has 2 amide bonds. The summed E-state index contributed by atoms with van der Waals surface area (Å²) in [5.41, 5.74) is -0.184. The molecular formula is C7H8Cl3N3O. The maximum Gasteiger partial charge on any atom is 0.319 e. The number of nitriles is 1. The fraction of sp³-hybridized carbons (Fsp3) is 0.429. The molecule has 78 valence electrons. The van der Waals surface area contributed by atoms with Crippen molar-refractivity contribution in [1.29, 1.82) is 5.26 Å². The van der Waals surface area contributed by atoms with Crippen LogP contribution in [0.2, 0.25) is 0 Å². The van der Waals surface area contributed by atoms with Gasteiger partial charge < -0.3 is 5.32 Å². The summed E-state index contributed by atoms with van der Waals surface area (Å²) in [7, 11) is 0. The zero-order chi connectivity index (χ0) is 11.0. The lowest BCUT2D eigenvalue weighted by molar-refractivity contribution is 0.243. The van der Waals surface area contributed by atoms with E-state index in [0.29, 0.717) is 18.8 Å². The van der Waals surface area contributed by atoms with Crippen LogP contribution in [0, 0.1) is 11.3 Å². The number of allylic oxidation sites excluding steroid dienone is 1. The van der Waals surface area contributed by atoms with Gasteiger partial charge in [0, 0.05) is 12.4 Å².